The zero-order chi connectivity index (χ0) is 10.5. The maximum Gasteiger partial charge on any atom is 0.396 e. The van der Waals surface area contributed by atoms with Gasteiger partial charge >= 0.3 is 11.9 Å². The van der Waals surface area contributed by atoms with E-state index in [2.05, 4.69) is 10.1 Å². The molecule has 0 atom stereocenters. The van der Waals surface area contributed by atoms with Gasteiger partial charge in [0.15, 0.2) is 0 Å². The van der Waals surface area contributed by atoms with Crippen molar-refractivity contribution in [2.24, 2.45) is 0 Å². The van der Waals surface area contributed by atoms with E-state index in [4.69, 9.17) is 4.74 Å². The molecule has 0 radical (unpaired) electrons. The number of carbonyl (C=O) groups is 2. The van der Waals surface area contributed by atoms with Crippen LogP contribution in [-0.2, 0) is 19.1 Å². The van der Waals surface area contributed by atoms with Gasteiger partial charge in [-0.2, -0.15) is 0 Å². The number of hydrogen-bond acceptors (Lipinski definition) is 4. The number of methoxy groups -OCH3 is 2. The third kappa shape index (κ3) is 4.47. The molecule has 13 heavy (non-hydrogen) atoms. The van der Waals surface area contributed by atoms with Crippen LogP contribution in [0.5, 0.6) is 0 Å². The number of rotatable bonds is 3. The highest BCUT2D eigenvalue weighted by molar-refractivity contribution is 6.32. The number of hydrogen-bond donors (Lipinski definition) is 1. The van der Waals surface area contributed by atoms with Gasteiger partial charge in [0.25, 0.3) is 0 Å². The monoisotopic (exact) mass is 189 g/mol. The lowest BCUT2D eigenvalue weighted by Gasteiger charge is -2.22. The van der Waals surface area contributed by atoms with Crippen LogP contribution in [0.2, 0.25) is 0 Å². The van der Waals surface area contributed by atoms with Gasteiger partial charge in [-0.25, -0.2) is 4.79 Å². The van der Waals surface area contributed by atoms with E-state index in [-0.39, 0.29) is 6.54 Å². The molecule has 0 aliphatic carbocycles. The second-order valence-corrected chi connectivity index (χ2v) is 3.14. The van der Waals surface area contributed by atoms with Gasteiger partial charge in [0, 0.05) is 13.7 Å². The molecule has 5 nitrogen and oxygen atoms in total. The van der Waals surface area contributed by atoms with Crippen molar-refractivity contribution < 1.29 is 19.1 Å². The average Bonchev–Trinajstić information content (AvgIpc) is 2.13. The molecule has 0 spiro atoms. The largest absolute Gasteiger partial charge is 0.462 e. The lowest BCUT2D eigenvalue weighted by atomic mass is 10.1. The molecule has 0 rings (SSSR count). The molecule has 5 heteroatoms. The van der Waals surface area contributed by atoms with Gasteiger partial charge in [0.1, 0.15) is 0 Å². The van der Waals surface area contributed by atoms with E-state index >= 15 is 0 Å². The average molecular weight is 189 g/mol. The second kappa shape index (κ2) is 4.81. The van der Waals surface area contributed by atoms with Crippen LogP contribution in [0, 0.1) is 0 Å². The van der Waals surface area contributed by atoms with Crippen LogP contribution in [0.4, 0.5) is 0 Å². The molecule has 0 saturated heterocycles. The van der Waals surface area contributed by atoms with E-state index in [0.29, 0.717) is 0 Å². The van der Waals surface area contributed by atoms with Gasteiger partial charge in [0.2, 0.25) is 0 Å². The van der Waals surface area contributed by atoms with Crippen molar-refractivity contribution >= 4 is 11.9 Å². The third-order valence-electron chi connectivity index (χ3n) is 1.60. The number of nitrogens with one attached hydrogen (secondary N) is 1. The van der Waals surface area contributed by atoms with Crippen LogP contribution in [0.1, 0.15) is 13.8 Å². The Morgan fingerprint density at radius 2 is 1.85 bits per heavy atom. The van der Waals surface area contributed by atoms with E-state index in [1.54, 1.807) is 13.8 Å². The summed E-state index contributed by atoms with van der Waals surface area (Å²) in [5, 5.41) is 2.39. The highest BCUT2D eigenvalue weighted by Crippen LogP contribution is 2.04. The van der Waals surface area contributed by atoms with E-state index in [1.807, 2.05) is 0 Å². The molecule has 76 valence electrons. The molecule has 1 N–H and O–H groups in total. The summed E-state index contributed by atoms with van der Waals surface area (Å²) < 4.78 is 9.25. The normalized spacial score (nSPS) is 10.8. The van der Waals surface area contributed by atoms with Gasteiger partial charge in [-0.05, 0) is 13.8 Å². The molecule has 1 amide bonds. The van der Waals surface area contributed by atoms with Crippen molar-refractivity contribution in [2.45, 2.75) is 19.4 Å². The zero-order valence-electron chi connectivity index (χ0n) is 8.34. The van der Waals surface area contributed by atoms with E-state index in [9.17, 15) is 9.59 Å². The quantitative estimate of drug-likeness (QED) is 0.489. The molecule has 0 aliphatic rings. The summed E-state index contributed by atoms with van der Waals surface area (Å²) in [6, 6.07) is 0. The van der Waals surface area contributed by atoms with Crippen molar-refractivity contribution in [2.75, 3.05) is 20.8 Å². The lowest BCUT2D eigenvalue weighted by Crippen LogP contribution is -2.42. The maximum atomic E-state index is 10.9. The fraction of sp³-hybridized carbons (Fsp3) is 0.750. The van der Waals surface area contributed by atoms with Crippen molar-refractivity contribution in [3.8, 4) is 0 Å². The molecule has 0 heterocycles. The molecule has 0 saturated carbocycles. The summed E-state index contributed by atoms with van der Waals surface area (Å²) >= 11 is 0. The summed E-state index contributed by atoms with van der Waals surface area (Å²) in [7, 11) is 2.69. The van der Waals surface area contributed by atoms with Gasteiger partial charge in [-0.3, -0.25) is 4.79 Å². The Kier molecular flexibility index (Phi) is 4.40. The van der Waals surface area contributed by atoms with Crippen LogP contribution < -0.4 is 5.32 Å². The first-order valence-electron chi connectivity index (χ1n) is 3.84. The molecular formula is C8H15NO4. The van der Waals surface area contributed by atoms with Gasteiger partial charge in [0.05, 0.1) is 12.7 Å². The maximum absolute atomic E-state index is 10.9. The Bertz CT molecular complexity index is 200. The number of esters is 1. The van der Waals surface area contributed by atoms with Crippen molar-refractivity contribution in [1.82, 2.24) is 5.32 Å². The Labute approximate surface area is 77.4 Å². The summed E-state index contributed by atoms with van der Waals surface area (Å²) in [5.74, 6) is -1.65. The van der Waals surface area contributed by atoms with Crippen molar-refractivity contribution in [3.05, 3.63) is 0 Å². The number of carbonyl (C=O) groups excluding carboxylic acids is 2. The smallest absolute Gasteiger partial charge is 0.396 e. The summed E-state index contributed by atoms with van der Waals surface area (Å²) in [4.78, 5) is 21.5. The lowest BCUT2D eigenvalue weighted by molar-refractivity contribution is -0.153. The minimum absolute atomic E-state index is 0.261. The topological polar surface area (TPSA) is 64.6 Å². The fourth-order valence-corrected chi connectivity index (χ4v) is 0.530. The zero-order valence-corrected chi connectivity index (χ0v) is 8.34. The summed E-state index contributed by atoms with van der Waals surface area (Å²) in [6.07, 6.45) is 0. The van der Waals surface area contributed by atoms with E-state index < -0.39 is 17.5 Å². The summed E-state index contributed by atoms with van der Waals surface area (Å²) in [5.41, 5.74) is -0.482. The minimum Gasteiger partial charge on any atom is -0.462 e. The molecular weight excluding hydrogens is 174 g/mol. The predicted octanol–water partition coefficient (Wildman–Crippen LogP) is -0.299. The molecule has 0 aromatic heterocycles. The number of amides is 1. The van der Waals surface area contributed by atoms with Crippen LogP contribution in [-0.4, -0.2) is 38.2 Å². The van der Waals surface area contributed by atoms with Crippen LogP contribution in [0.3, 0.4) is 0 Å². The fourth-order valence-electron chi connectivity index (χ4n) is 0.530. The van der Waals surface area contributed by atoms with Gasteiger partial charge in [-0.15, -0.1) is 0 Å². The highest BCUT2D eigenvalue weighted by atomic mass is 16.5. The second-order valence-electron chi connectivity index (χ2n) is 3.14. The molecule has 0 fully saturated rings. The highest BCUT2D eigenvalue weighted by Gasteiger charge is 2.20. The standard InChI is InChI=1S/C8H15NO4/c1-8(2,13-4)5-9-6(10)7(11)12-3/h5H2,1-4H3,(H,9,10). The molecule has 0 aromatic rings. The summed E-state index contributed by atoms with van der Waals surface area (Å²) in [6.45, 7) is 3.85. The van der Waals surface area contributed by atoms with Crippen LogP contribution >= 0.6 is 0 Å². The first kappa shape index (κ1) is 11.9. The SMILES string of the molecule is COC(=O)C(=O)NCC(C)(C)OC. The van der Waals surface area contributed by atoms with E-state index in [1.165, 1.54) is 7.11 Å². The predicted molar refractivity (Wildman–Crippen MR) is 46.1 cm³/mol. The molecule has 0 aromatic carbocycles. The van der Waals surface area contributed by atoms with Crippen molar-refractivity contribution in [3.63, 3.8) is 0 Å². The van der Waals surface area contributed by atoms with E-state index in [0.717, 1.165) is 7.11 Å². The van der Waals surface area contributed by atoms with Gasteiger partial charge < -0.3 is 14.8 Å². The van der Waals surface area contributed by atoms with Gasteiger partial charge in [-0.1, -0.05) is 0 Å². The Balaban J connectivity index is 3.90. The minimum atomic E-state index is -0.896. The van der Waals surface area contributed by atoms with Crippen LogP contribution in [0.25, 0.3) is 0 Å². The Hall–Kier alpha value is -1.10. The number of ether oxygens (including phenoxy) is 2. The van der Waals surface area contributed by atoms with Crippen molar-refractivity contribution in [1.29, 1.82) is 0 Å². The molecule has 0 unspecified atom stereocenters. The first-order valence-corrected chi connectivity index (χ1v) is 3.84. The first-order chi connectivity index (χ1) is 5.93. The Morgan fingerprint density at radius 1 is 1.31 bits per heavy atom. The van der Waals surface area contributed by atoms with Crippen LogP contribution in [0.15, 0.2) is 0 Å². The molecule has 0 aliphatic heterocycles. The molecule has 0 bridgehead atoms. The Morgan fingerprint density at radius 3 is 2.23 bits per heavy atom. The third-order valence-corrected chi connectivity index (χ3v) is 1.60.